The maximum Gasteiger partial charge on any atom is 0.278 e. The number of carbonyl (C=O) groups excluding carboxylic acids is 1. The van der Waals surface area contributed by atoms with Crippen molar-refractivity contribution in [2.24, 2.45) is 7.05 Å². The molecule has 1 aromatic carbocycles. The predicted molar refractivity (Wildman–Crippen MR) is 116 cm³/mol. The van der Waals surface area contributed by atoms with Crippen LogP contribution in [0.5, 0.6) is 0 Å². The van der Waals surface area contributed by atoms with Gasteiger partial charge in [0.25, 0.3) is 5.91 Å². The predicted octanol–water partition coefficient (Wildman–Crippen LogP) is 3.02. The topological polar surface area (TPSA) is 63.5 Å². The first-order valence-electron chi connectivity index (χ1n) is 10.0. The minimum Gasteiger partial charge on any atom is -0.379 e. The maximum atomic E-state index is 13.5. The van der Waals surface area contributed by atoms with Crippen LogP contribution >= 0.6 is 11.3 Å². The highest BCUT2D eigenvalue weighted by molar-refractivity contribution is 7.22. The average Bonchev–Trinajstić information content (AvgIpc) is 3.27. The molecule has 0 unspecified atom stereocenters. The number of amides is 1. The first-order chi connectivity index (χ1) is 14.0. The Bertz CT molecular complexity index is 986. The van der Waals surface area contributed by atoms with Gasteiger partial charge >= 0.3 is 0 Å². The van der Waals surface area contributed by atoms with E-state index in [1.807, 2.05) is 24.9 Å². The van der Waals surface area contributed by atoms with Crippen LogP contribution in [-0.4, -0.2) is 65.0 Å². The summed E-state index contributed by atoms with van der Waals surface area (Å²) in [6.07, 6.45) is 2.62. The third-order valence-electron chi connectivity index (χ3n) is 5.29. The quantitative estimate of drug-likeness (QED) is 0.622. The highest BCUT2D eigenvalue weighted by Gasteiger charge is 2.25. The lowest BCUT2D eigenvalue weighted by atomic mass is 10.2. The van der Waals surface area contributed by atoms with Gasteiger partial charge in [0.15, 0.2) is 5.13 Å². The lowest BCUT2D eigenvalue weighted by molar-refractivity contribution is 0.0376. The monoisotopic (exact) mass is 413 g/mol. The number of benzene rings is 1. The number of thiazole rings is 1. The van der Waals surface area contributed by atoms with Gasteiger partial charge in [-0.1, -0.05) is 17.4 Å². The molecule has 1 aliphatic rings. The molecule has 7 nitrogen and oxygen atoms in total. The van der Waals surface area contributed by atoms with Crippen LogP contribution in [0, 0.1) is 13.8 Å². The Morgan fingerprint density at radius 1 is 1.28 bits per heavy atom. The summed E-state index contributed by atoms with van der Waals surface area (Å²) in [6, 6.07) is 6.21. The van der Waals surface area contributed by atoms with E-state index in [9.17, 15) is 4.79 Å². The minimum atomic E-state index is -0.0414. The lowest BCUT2D eigenvalue weighted by Gasteiger charge is -2.27. The molecule has 8 heteroatoms. The molecule has 1 aliphatic heterocycles. The molecule has 3 heterocycles. The van der Waals surface area contributed by atoms with Crippen molar-refractivity contribution in [2.45, 2.75) is 20.3 Å². The molecule has 154 valence electrons. The van der Waals surface area contributed by atoms with Crippen molar-refractivity contribution in [3.8, 4) is 0 Å². The van der Waals surface area contributed by atoms with Crippen molar-refractivity contribution in [1.29, 1.82) is 0 Å². The fourth-order valence-electron chi connectivity index (χ4n) is 3.68. The fraction of sp³-hybridized carbons (Fsp3) is 0.476. The van der Waals surface area contributed by atoms with E-state index < -0.39 is 0 Å². The molecular formula is C21H27N5O2S. The van der Waals surface area contributed by atoms with Gasteiger partial charge in [-0.3, -0.25) is 19.3 Å². The normalized spacial score (nSPS) is 15.1. The van der Waals surface area contributed by atoms with E-state index in [-0.39, 0.29) is 5.91 Å². The van der Waals surface area contributed by atoms with Crippen molar-refractivity contribution < 1.29 is 9.53 Å². The van der Waals surface area contributed by atoms with Crippen molar-refractivity contribution >= 4 is 32.6 Å². The minimum absolute atomic E-state index is 0.0414. The average molecular weight is 414 g/mol. The fourth-order valence-corrected chi connectivity index (χ4v) is 4.77. The SMILES string of the molecule is Cc1ccc2nc(N(CCCN3CCOCC3)C(=O)c3c(C)cnn3C)sc2c1. The number of anilines is 1. The lowest BCUT2D eigenvalue weighted by Crippen LogP contribution is -2.39. The third kappa shape index (κ3) is 4.34. The number of hydrogen-bond acceptors (Lipinski definition) is 6. The highest BCUT2D eigenvalue weighted by Crippen LogP contribution is 2.31. The molecule has 0 N–H and O–H groups in total. The standard InChI is InChI=1S/C21H27N5O2S/c1-15-5-6-17-18(13-15)29-21(23-17)26(8-4-7-25-9-11-28-12-10-25)20(27)19-16(2)14-22-24(19)3/h5-6,13-14H,4,7-12H2,1-3H3. The third-order valence-corrected chi connectivity index (χ3v) is 6.33. The van der Waals surface area contributed by atoms with Gasteiger partial charge in [-0.05, 0) is 43.5 Å². The highest BCUT2D eigenvalue weighted by atomic mass is 32.1. The Morgan fingerprint density at radius 2 is 2.07 bits per heavy atom. The van der Waals surface area contributed by atoms with E-state index in [0.717, 1.165) is 60.2 Å². The molecule has 1 fully saturated rings. The summed E-state index contributed by atoms with van der Waals surface area (Å²) in [6.45, 7) is 9.05. The molecule has 29 heavy (non-hydrogen) atoms. The summed E-state index contributed by atoms with van der Waals surface area (Å²) in [4.78, 5) is 22.5. The zero-order valence-electron chi connectivity index (χ0n) is 17.2. The van der Waals surface area contributed by atoms with Crippen molar-refractivity contribution in [1.82, 2.24) is 19.7 Å². The van der Waals surface area contributed by atoms with Crippen LogP contribution in [0.4, 0.5) is 5.13 Å². The first-order valence-corrected chi connectivity index (χ1v) is 10.8. The van der Waals surface area contributed by atoms with Crippen molar-refractivity contribution in [3.63, 3.8) is 0 Å². The molecule has 1 saturated heterocycles. The number of aryl methyl sites for hydroxylation is 3. The van der Waals surface area contributed by atoms with Crippen molar-refractivity contribution in [2.75, 3.05) is 44.3 Å². The van der Waals surface area contributed by atoms with Gasteiger partial charge in [0.1, 0.15) is 5.69 Å². The molecule has 1 amide bonds. The molecule has 2 aromatic heterocycles. The van der Waals surface area contributed by atoms with Crippen molar-refractivity contribution in [3.05, 3.63) is 41.2 Å². The summed E-state index contributed by atoms with van der Waals surface area (Å²) in [5, 5.41) is 5.00. The van der Waals surface area contributed by atoms with Crippen LogP contribution in [0.15, 0.2) is 24.4 Å². The molecular weight excluding hydrogens is 386 g/mol. The van der Waals surface area contributed by atoms with Crippen LogP contribution in [0.2, 0.25) is 0 Å². The van der Waals surface area contributed by atoms with Crippen LogP contribution in [0.1, 0.15) is 28.0 Å². The molecule has 0 saturated carbocycles. The number of fused-ring (bicyclic) bond motifs is 1. The second kappa shape index (κ2) is 8.61. The Balaban J connectivity index is 1.59. The Labute approximate surface area is 174 Å². The number of aromatic nitrogens is 3. The van der Waals surface area contributed by atoms with E-state index in [1.165, 1.54) is 5.56 Å². The van der Waals surface area contributed by atoms with Gasteiger partial charge < -0.3 is 4.74 Å². The molecule has 0 aliphatic carbocycles. The molecule has 0 spiro atoms. The van der Waals surface area contributed by atoms with E-state index in [1.54, 1.807) is 22.2 Å². The molecule has 3 aromatic rings. The number of carbonyl (C=O) groups is 1. The summed E-state index contributed by atoms with van der Waals surface area (Å²) in [7, 11) is 1.81. The Hall–Kier alpha value is -2.29. The summed E-state index contributed by atoms with van der Waals surface area (Å²) in [5.41, 5.74) is 3.63. The van der Waals surface area contributed by atoms with E-state index >= 15 is 0 Å². The molecule has 0 atom stereocenters. The largest absolute Gasteiger partial charge is 0.379 e. The number of hydrogen-bond donors (Lipinski definition) is 0. The van der Waals surface area contributed by atoms with E-state index in [4.69, 9.17) is 9.72 Å². The summed E-state index contributed by atoms with van der Waals surface area (Å²) in [5.74, 6) is -0.0414. The van der Waals surface area contributed by atoms with Crippen LogP contribution in [0.3, 0.4) is 0 Å². The number of nitrogens with zero attached hydrogens (tertiary/aromatic N) is 5. The Kier molecular flexibility index (Phi) is 5.94. The second-order valence-corrected chi connectivity index (χ2v) is 8.54. The van der Waals surface area contributed by atoms with Gasteiger partial charge in [0.05, 0.1) is 29.6 Å². The number of morpholine rings is 1. The van der Waals surface area contributed by atoms with Gasteiger partial charge in [-0.2, -0.15) is 5.10 Å². The number of ether oxygens (including phenoxy) is 1. The summed E-state index contributed by atoms with van der Waals surface area (Å²) >= 11 is 1.57. The maximum absolute atomic E-state index is 13.5. The van der Waals surface area contributed by atoms with Crippen LogP contribution in [0.25, 0.3) is 10.2 Å². The van der Waals surface area contributed by atoms with Gasteiger partial charge in [0, 0.05) is 33.2 Å². The zero-order valence-corrected chi connectivity index (χ0v) is 18.0. The second-order valence-electron chi connectivity index (χ2n) is 7.53. The number of rotatable bonds is 6. The van der Waals surface area contributed by atoms with Crippen LogP contribution < -0.4 is 4.90 Å². The summed E-state index contributed by atoms with van der Waals surface area (Å²) < 4.78 is 8.19. The van der Waals surface area contributed by atoms with Gasteiger partial charge in [0.2, 0.25) is 0 Å². The van der Waals surface area contributed by atoms with E-state index in [0.29, 0.717) is 12.2 Å². The van der Waals surface area contributed by atoms with Crippen LogP contribution in [-0.2, 0) is 11.8 Å². The molecule has 0 bridgehead atoms. The zero-order chi connectivity index (χ0) is 20.4. The van der Waals surface area contributed by atoms with Gasteiger partial charge in [-0.15, -0.1) is 0 Å². The smallest absolute Gasteiger partial charge is 0.278 e. The first kappa shape index (κ1) is 20.0. The molecule has 0 radical (unpaired) electrons. The van der Waals surface area contributed by atoms with E-state index in [2.05, 4.69) is 29.1 Å². The molecule has 4 rings (SSSR count). The van der Waals surface area contributed by atoms with Gasteiger partial charge in [-0.25, -0.2) is 4.98 Å². The Morgan fingerprint density at radius 3 is 2.79 bits per heavy atom.